The van der Waals surface area contributed by atoms with Crippen molar-refractivity contribution in [3.8, 4) is 0 Å². The molecule has 3 amide bonds. The summed E-state index contributed by atoms with van der Waals surface area (Å²) >= 11 is 0. The van der Waals surface area contributed by atoms with Crippen LogP contribution in [0.3, 0.4) is 0 Å². The third-order valence-electron chi connectivity index (χ3n) is 5.93. The van der Waals surface area contributed by atoms with E-state index in [1.165, 1.54) is 4.90 Å². The number of nitrogens with two attached hydrogens (primary N) is 4. The third-order valence-corrected chi connectivity index (χ3v) is 5.93. The minimum absolute atomic E-state index is 0.0938. The zero-order chi connectivity index (χ0) is 26.5. The highest BCUT2D eigenvalue weighted by Gasteiger charge is 2.37. The normalized spacial score (nSPS) is 18.0. The first kappa shape index (κ1) is 30.1. The second-order valence-corrected chi connectivity index (χ2v) is 9.16. The first-order valence-corrected chi connectivity index (χ1v) is 12.1. The molecule has 4 atom stereocenters. The fourth-order valence-electron chi connectivity index (χ4n) is 3.96. The van der Waals surface area contributed by atoms with E-state index in [1.807, 2.05) is 0 Å². The minimum Gasteiger partial charge on any atom is -0.480 e. The second kappa shape index (κ2) is 15.1. The first-order valence-electron chi connectivity index (χ1n) is 12.1. The van der Waals surface area contributed by atoms with Crippen molar-refractivity contribution in [3.63, 3.8) is 0 Å². The molecular weight excluding hydrogens is 456 g/mol. The molecule has 0 aliphatic carbocycles. The number of carbonyl (C=O) groups is 4. The van der Waals surface area contributed by atoms with Crippen LogP contribution in [-0.4, -0.2) is 83.5 Å². The number of hydrogen-bond donors (Lipinski definition) is 7. The average molecular weight is 499 g/mol. The van der Waals surface area contributed by atoms with E-state index in [0.29, 0.717) is 45.2 Å². The van der Waals surface area contributed by atoms with Crippen molar-refractivity contribution >= 4 is 29.7 Å². The monoisotopic (exact) mass is 498 g/mol. The van der Waals surface area contributed by atoms with Crippen LogP contribution >= 0.6 is 0 Å². The number of likely N-dealkylation sites (tertiary alicyclic amines) is 1. The van der Waals surface area contributed by atoms with E-state index >= 15 is 0 Å². The van der Waals surface area contributed by atoms with Crippen LogP contribution in [0.25, 0.3) is 0 Å². The lowest BCUT2D eigenvalue weighted by atomic mass is 10.0. The van der Waals surface area contributed by atoms with E-state index in [1.54, 1.807) is 13.8 Å². The topological polar surface area (TPSA) is 232 Å². The van der Waals surface area contributed by atoms with Crippen molar-refractivity contribution in [2.24, 2.45) is 33.8 Å². The molecule has 0 aromatic heterocycles. The molecule has 0 spiro atoms. The fraction of sp³-hybridized carbons (Fsp3) is 0.773. The molecule has 13 heteroatoms. The number of hydrogen-bond acceptors (Lipinski definition) is 7. The van der Waals surface area contributed by atoms with E-state index in [2.05, 4.69) is 15.6 Å². The quantitative estimate of drug-likeness (QED) is 0.0765. The third kappa shape index (κ3) is 10.1. The highest BCUT2D eigenvalue weighted by atomic mass is 16.4. The number of aliphatic carboxylic acids is 1. The molecule has 1 fully saturated rings. The maximum absolute atomic E-state index is 13.1. The lowest BCUT2D eigenvalue weighted by molar-refractivity contribution is -0.144. The Hall–Kier alpha value is -2.93. The summed E-state index contributed by atoms with van der Waals surface area (Å²) in [5.74, 6) is -3.04. The van der Waals surface area contributed by atoms with Gasteiger partial charge >= 0.3 is 5.97 Å². The lowest BCUT2D eigenvalue weighted by Gasteiger charge is -2.29. The van der Waals surface area contributed by atoms with Crippen molar-refractivity contribution in [1.82, 2.24) is 15.5 Å². The van der Waals surface area contributed by atoms with Gasteiger partial charge in [-0.3, -0.25) is 19.4 Å². The Kier molecular flexibility index (Phi) is 13.0. The molecule has 0 radical (unpaired) electrons. The second-order valence-electron chi connectivity index (χ2n) is 9.16. The van der Waals surface area contributed by atoms with Crippen molar-refractivity contribution < 1.29 is 24.3 Å². The predicted octanol–water partition coefficient (Wildman–Crippen LogP) is -1.80. The van der Waals surface area contributed by atoms with Crippen LogP contribution in [0.1, 0.15) is 58.8 Å². The van der Waals surface area contributed by atoms with Gasteiger partial charge in [0.05, 0.1) is 6.04 Å². The number of nitrogens with one attached hydrogen (secondary N) is 2. The lowest BCUT2D eigenvalue weighted by Crippen LogP contribution is -2.57. The van der Waals surface area contributed by atoms with Gasteiger partial charge in [-0.25, -0.2) is 4.79 Å². The van der Waals surface area contributed by atoms with E-state index < -0.39 is 42.0 Å². The zero-order valence-electron chi connectivity index (χ0n) is 20.7. The average Bonchev–Trinajstić information content (AvgIpc) is 3.28. The number of nitrogens with zero attached hydrogens (tertiary/aromatic N) is 2. The van der Waals surface area contributed by atoms with E-state index in [0.717, 1.165) is 6.42 Å². The highest BCUT2D eigenvalue weighted by Crippen LogP contribution is 2.20. The van der Waals surface area contributed by atoms with Crippen LogP contribution in [0.2, 0.25) is 0 Å². The van der Waals surface area contributed by atoms with Gasteiger partial charge in [-0.1, -0.05) is 20.3 Å². The summed E-state index contributed by atoms with van der Waals surface area (Å²) in [6.45, 7) is 4.49. The molecule has 0 aromatic carbocycles. The summed E-state index contributed by atoms with van der Waals surface area (Å²) in [6.07, 6.45) is 3.58. The van der Waals surface area contributed by atoms with Gasteiger partial charge in [0, 0.05) is 13.1 Å². The zero-order valence-corrected chi connectivity index (χ0v) is 20.7. The molecule has 1 aliphatic heterocycles. The largest absolute Gasteiger partial charge is 0.480 e. The summed E-state index contributed by atoms with van der Waals surface area (Å²) < 4.78 is 0. The summed E-state index contributed by atoms with van der Waals surface area (Å²) in [6, 6.07) is -3.61. The summed E-state index contributed by atoms with van der Waals surface area (Å²) in [4.78, 5) is 55.8. The molecule has 1 heterocycles. The standard InChI is InChI=1S/C22H42N8O5/c1-13(2)17(21(34)35)29-18(31)15(8-5-11-27-22(25)26)28-19(32)16-9-6-12-30(16)20(33)14(24)7-3-4-10-23/h13-17H,3-12,23-24H2,1-2H3,(H,28,32)(H,29,31)(H,34,35)(H4,25,26,27). The Morgan fingerprint density at radius 2 is 1.77 bits per heavy atom. The Morgan fingerprint density at radius 3 is 2.34 bits per heavy atom. The van der Waals surface area contributed by atoms with E-state index in [4.69, 9.17) is 22.9 Å². The molecule has 35 heavy (non-hydrogen) atoms. The van der Waals surface area contributed by atoms with Crippen molar-refractivity contribution in [2.45, 2.75) is 83.0 Å². The SMILES string of the molecule is CC(C)C(NC(=O)C(CCCN=C(N)N)NC(=O)C1CCCN1C(=O)C(N)CCCCN)C(=O)O. The van der Waals surface area contributed by atoms with Gasteiger partial charge in [-0.15, -0.1) is 0 Å². The van der Waals surface area contributed by atoms with Crippen LogP contribution < -0.4 is 33.6 Å². The number of carbonyl (C=O) groups excluding carboxylic acids is 3. The number of carboxylic acid groups (broad SMARTS) is 1. The molecule has 13 nitrogen and oxygen atoms in total. The molecule has 11 N–H and O–H groups in total. The number of rotatable bonds is 15. The highest BCUT2D eigenvalue weighted by molar-refractivity contribution is 5.94. The van der Waals surface area contributed by atoms with E-state index in [9.17, 15) is 24.3 Å². The van der Waals surface area contributed by atoms with Crippen LogP contribution in [0.4, 0.5) is 0 Å². The number of guanidine groups is 1. The minimum atomic E-state index is -1.17. The number of aliphatic imine (C=N–C) groups is 1. The molecule has 0 aromatic rings. The van der Waals surface area contributed by atoms with Crippen LogP contribution in [0.15, 0.2) is 4.99 Å². The van der Waals surface area contributed by atoms with Crippen molar-refractivity contribution in [2.75, 3.05) is 19.6 Å². The molecule has 4 unspecified atom stereocenters. The Bertz CT molecular complexity index is 756. The van der Waals surface area contributed by atoms with Gasteiger partial charge in [0.2, 0.25) is 17.7 Å². The van der Waals surface area contributed by atoms with Crippen LogP contribution in [0, 0.1) is 5.92 Å². The number of amides is 3. The van der Waals surface area contributed by atoms with Gasteiger partial charge in [-0.2, -0.15) is 0 Å². The summed E-state index contributed by atoms with van der Waals surface area (Å²) in [5.41, 5.74) is 22.2. The molecule has 1 saturated heterocycles. The summed E-state index contributed by atoms with van der Waals surface area (Å²) in [7, 11) is 0. The van der Waals surface area contributed by atoms with Crippen LogP contribution in [0.5, 0.6) is 0 Å². The predicted molar refractivity (Wildman–Crippen MR) is 132 cm³/mol. The van der Waals surface area contributed by atoms with Crippen molar-refractivity contribution in [1.29, 1.82) is 0 Å². The molecule has 0 bridgehead atoms. The molecule has 0 saturated carbocycles. The fourth-order valence-corrected chi connectivity index (χ4v) is 3.96. The van der Waals surface area contributed by atoms with E-state index in [-0.39, 0.29) is 30.8 Å². The first-order chi connectivity index (χ1) is 16.5. The van der Waals surface area contributed by atoms with Crippen molar-refractivity contribution in [3.05, 3.63) is 0 Å². The van der Waals surface area contributed by atoms with Gasteiger partial charge < -0.3 is 43.6 Å². The van der Waals surface area contributed by atoms with Gasteiger partial charge in [-0.05, 0) is 51.0 Å². The maximum atomic E-state index is 13.1. The molecule has 1 rings (SSSR count). The Labute approximate surface area is 206 Å². The Balaban J connectivity index is 2.91. The molecule has 1 aliphatic rings. The maximum Gasteiger partial charge on any atom is 0.326 e. The van der Waals surface area contributed by atoms with Gasteiger partial charge in [0.15, 0.2) is 5.96 Å². The van der Waals surface area contributed by atoms with Crippen LogP contribution in [-0.2, 0) is 19.2 Å². The number of unbranched alkanes of at least 4 members (excludes halogenated alkanes) is 1. The molecular formula is C22H42N8O5. The smallest absolute Gasteiger partial charge is 0.326 e. The summed E-state index contributed by atoms with van der Waals surface area (Å²) in [5, 5.41) is 14.6. The van der Waals surface area contributed by atoms with Gasteiger partial charge in [0.1, 0.15) is 18.1 Å². The number of carboxylic acids is 1. The Morgan fingerprint density at radius 1 is 1.09 bits per heavy atom. The van der Waals surface area contributed by atoms with Gasteiger partial charge in [0.25, 0.3) is 0 Å². The molecule has 200 valence electrons.